The Morgan fingerprint density at radius 1 is 0.583 bits per heavy atom. The van der Waals surface area contributed by atoms with Crippen molar-refractivity contribution in [1.29, 1.82) is 0 Å². The quantitative estimate of drug-likeness (QED) is 0.106. The standard InChI is InChI=1S/C26H27N3O3.C23H23N3O2/c27-26(31)23-18-28-14-10-24(23)32-22-8-6-19(7-9-22)11-15-29-16-12-21(13-17-29)25(30)20-4-2-1-3-5-20;24-23(27)21-15-25-12-9-22(21)28-20-7-5-17(6-8-20)10-13-26-14-11-18-3-1-2-4-19(18)16-26/h1-10,14,18,21H,11-13,15-17H2,(H2,27,31);1-9,12,15H,10-11,13-14,16H2,(H2,24,27). The molecule has 0 saturated carbocycles. The van der Waals surface area contributed by atoms with Crippen LogP contribution in [0.15, 0.2) is 140 Å². The molecular weight excluding hydrogens is 753 g/mol. The molecule has 0 spiro atoms. The summed E-state index contributed by atoms with van der Waals surface area (Å²) in [5.74, 6) is 1.40. The van der Waals surface area contributed by atoms with Crippen LogP contribution < -0.4 is 20.9 Å². The number of aromatic nitrogens is 2. The monoisotopic (exact) mass is 802 g/mol. The first-order valence-electron chi connectivity index (χ1n) is 20.4. The minimum atomic E-state index is -0.570. The lowest BCUT2D eigenvalue weighted by molar-refractivity contribution is 0.0840. The molecule has 2 aliphatic heterocycles. The number of rotatable bonds is 14. The number of pyridine rings is 2. The highest BCUT2D eigenvalue weighted by Gasteiger charge is 2.25. The van der Waals surface area contributed by atoms with E-state index in [2.05, 4.69) is 56.2 Å². The first-order chi connectivity index (χ1) is 29.3. The van der Waals surface area contributed by atoms with E-state index in [9.17, 15) is 14.4 Å². The molecule has 0 bridgehead atoms. The molecule has 0 atom stereocenters. The van der Waals surface area contributed by atoms with Crippen molar-refractivity contribution in [3.8, 4) is 23.0 Å². The lowest BCUT2D eigenvalue weighted by Crippen LogP contribution is -2.37. The SMILES string of the molecule is NC(=O)c1cnccc1Oc1ccc(CCN2CCC(C(=O)c3ccccc3)CC2)cc1.NC(=O)c1cnccc1Oc1ccc(CCN2CCc3ccccc3C2)cc1. The van der Waals surface area contributed by atoms with E-state index in [1.54, 1.807) is 24.5 Å². The Kier molecular flexibility index (Phi) is 14.0. The molecule has 0 unspecified atom stereocenters. The minimum absolute atomic E-state index is 0.128. The number of fused-ring (bicyclic) bond motifs is 1. The van der Waals surface area contributed by atoms with Crippen LogP contribution in [0.25, 0.3) is 0 Å². The number of ketones is 1. The number of nitrogens with zero attached hydrogens (tertiary/aromatic N) is 4. The van der Waals surface area contributed by atoms with Gasteiger partial charge in [0.05, 0.1) is 0 Å². The maximum absolute atomic E-state index is 12.6. The van der Waals surface area contributed by atoms with Crippen molar-refractivity contribution in [2.75, 3.05) is 32.7 Å². The highest BCUT2D eigenvalue weighted by molar-refractivity contribution is 5.98. The fourth-order valence-electron chi connectivity index (χ4n) is 7.59. The number of benzene rings is 4. The Bertz CT molecular complexity index is 2360. The molecule has 1 fully saturated rings. The molecule has 6 aromatic rings. The lowest BCUT2D eigenvalue weighted by atomic mass is 9.89. The second-order valence-electron chi connectivity index (χ2n) is 15.1. The maximum Gasteiger partial charge on any atom is 0.254 e. The fourth-order valence-corrected chi connectivity index (χ4v) is 7.59. The summed E-state index contributed by atoms with van der Waals surface area (Å²) in [6.07, 6.45) is 10.8. The third-order valence-electron chi connectivity index (χ3n) is 11.1. The highest BCUT2D eigenvalue weighted by atomic mass is 16.5. The van der Waals surface area contributed by atoms with Crippen molar-refractivity contribution in [2.45, 2.75) is 38.6 Å². The lowest BCUT2D eigenvalue weighted by Gasteiger charge is -2.31. The van der Waals surface area contributed by atoms with Gasteiger partial charge in [-0.2, -0.15) is 0 Å². The zero-order valence-corrected chi connectivity index (χ0v) is 33.6. The molecule has 4 N–H and O–H groups in total. The third-order valence-corrected chi connectivity index (χ3v) is 11.1. The molecule has 306 valence electrons. The van der Waals surface area contributed by atoms with E-state index < -0.39 is 11.8 Å². The summed E-state index contributed by atoms with van der Waals surface area (Å²) in [5.41, 5.74) is 17.5. The number of piperidine rings is 1. The minimum Gasteiger partial charge on any atom is -0.456 e. The first-order valence-corrected chi connectivity index (χ1v) is 20.4. The van der Waals surface area contributed by atoms with E-state index in [0.29, 0.717) is 23.0 Å². The Hall–Kier alpha value is -6.69. The normalized spacial score (nSPS) is 14.3. The Balaban J connectivity index is 0.000000183. The highest BCUT2D eigenvalue weighted by Crippen LogP contribution is 2.27. The van der Waals surface area contributed by atoms with Crippen molar-refractivity contribution >= 4 is 17.6 Å². The van der Waals surface area contributed by atoms with Crippen LogP contribution in [0.3, 0.4) is 0 Å². The average molecular weight is 803 g/mol. The molecule has 4 aromatic carbocycles. The number of hydrogen-bond acceptors (Lipinski definition) is 9. The van der Waals surface area contributed by atoms with Crippen LogP contribution in [-0.4, -0.2) is 70.1 Å². The van der Waals surface area contributed by atoms with Gasteiger partial charge in [-0.3, -0.25) is 29.3 Å². The van der Waals surface area contributed by atoms with Crippen molar-refractivity contribution < 1.29 is 23.9 Å². The summed E-state index contributed by atoms with van der Waals surface area (Å²) in [6, 6.07) is 37.4. The summed E-state index contributed by atoms with van der Waals surface area (Å²) in [6.45, 7) is 6.02. The van der Waals surface area contributed by atoms with E-state index in [0.717, 1.165) is 76.9 Å². The Morgan fingerprint density at radius 3 is 1.62 bits per heavy atom. The van der Waals surface area contributed by atoms with Gasteiger partial charge in [-0.15, -0.1) is 0 Å². The zero-order valence-electron chi connectivity index (χ0n) is 33.6. The van der Waals surface area contributed by atoms with E-state index in [4.69, 9.17) is 20.9 Å². The second kappa shape index (κ2) is 20.3. The second-order valence-corrected chi connectivity index (χ2v) is 15.1. The predicted molar refractivity (Wildman–Crippen MR) is 231 cm³/mol. The van der Waals surface area contributed by atoms with E-state index in [1.807, 2.05) is 66.7 Å². The van der Waals surface area contributed by atoms with Crippen LogP contribution in [0.5, 0.6) is 23.0 Å². The van der Waals surface area contributed by atoms with Crippen molar-refractivity contribution in [3.05, 3.63) is 179 Å². The number of amides is 2. The van der Waals surface area contributed by atoms with Crippen molar-refractivity contribution in [2.24, 2.45) is 17.4 Å². The predicted octanol–water partition coefficient (Wildman–Crippen LogP) is 7.68. The van der Waals surface area contributed by atoms with E-state index >= 15 is 0 Å². The number of likely N-dealkylation sites (tertiary alicyclic amines) is 1. The zero-order chi connectivity index (χ0) is 41.7. The van der Waals surface area contributed by atoms with E-state index in [1.165, 1.54) is 34.6 Å². The van der Waals surface area contributed by atoms with Gasteiger partial charge in [0.2, 0.25) is 0 Å². The number of ether oxygens (including phenoxy) is 2. The summed E-state index contributed by atoms with van der Waals surface area (Å²) in [4.78, 5) is 48.4. The van der Waals surface area contributed by atoms with Gasteiger partial charge in [0.1, 0.15) is 34.1 Å². The number of carbonyl (C=O) groups excluding carboxylic acids is 3. The molecule has 1 saturated heterocycles. The van der Waals surface area contributed by atoms with E-state index in [-0.39, 0.29) is 22.8 Å². The van der Waals surface area contributed by atoms with Crippen LogP contribution in [0.1, 0.15) is 66.2 Å². The molecule has 8 rings (SSSR count). The molecule has 2 aliphatic rings. The molecule has 4 heterocycles. The number of carbonyl (C=O) groups is 3. The molecule has 11 heteroatoms. The third kappa shape index (κ3) is 11.3. The molecule has 0 aliphatic carbocycles. The van der Waals surface area contributed by atoms with Gasteiger partial charge in [0.25, 0.3) is 11.8 Å². The molecule has 11 nitrogen and oxygen atoms in total. The van der Waals surface area contributed by atoms with Crippen LogP contribution >= 0.6 is 0 Å². The Morgan fingerprint density at radius 2 is 1.08 bits per heavy atom. The largest absolute Gasteiger partial charge is 0.456 e. The average Bonchev–Trinajstić information content (AvgIpc) is 3.29. The molecular formula is C49H50N6O5. The van der Waals surface area contributed by atoms with Gasteiger partial charge in [-0.05, 0) is 104 Å². The van der Waals surface area contributed by atoms with Crippen LogP contribution in [0.2, 0.25) is 0 Å². The van der Waals surface area contributed by atoms with Gasteiger partial charge in [-0.25, -0.2) is 0 Å². The van der Waals surface area contributed by atoms with Crippen LogP contribution in [0, 0.1) is 5.92 Å². The first kappa shape index (κ1) is 41.5. The number of nitrogens with two attached hydrogens (primary N) is 2. The van der Waals surface area contributed by atoms with Crippen molar-refractivity contribution in [3.63, 3.8) is 0 Å². The van der Waals surface area contributed by atoms with Gasteiger partial charge in [-0.1, -0.05) is 78.9 Å². The topological polar surface area (TPSA) is 154 Å². The number of Topliss-reactive ketones (excluding diaryl/α,β-unsaturated/α-hetero) is 1. The molecule has 0 radical (unpaired) electrons. The summed E-state index contributed by atoms with van der Waals surface area (Å²) < 4.78 is 11.6. The van der Waals surface area contributed by atoms with Crippen LogP contribution in [-0.2, 0) is 25.8 Å². The molecule has 2 amide bonds. The van der Waals surface area contributed by atoms with Gasteiger partial charge in [0, 0.05) is 62.4 Å². The number of hydrogen-bond donors (Lipinski definition) is 2. The fraction of sp³-hybridized carbons (Fsp3) is 0.245. The maximum atomic E-state index is 12.6. The summed E-state index contributed by atoms with van der Waals surface area (Å²) in [5, 5.41) is 0. The summed E-state index contributed by atoms with van der Waals surface area (Å²) >= 11 is 0. The Labute approximate surface area is 351 Å². The smallest absolute Gasteiger partial charge is 0.254 e. The summed E-state index contributed by atoms with van der Waals surface area (Å²) in [7, 11) is 0. The number of primary amides is 2. The molecule has 60 heavy (non-hydrogen) atoms. The van der Waals surface area contributed by atoms with Gasteiger partial charge in [0.15, 0.2) is 5.78 Å². The van der Waals surface area contributed by atoms with Gasteiger partial charge < -0.3 is 25.8 Å². The molecule has 2 aromatic heterocycles. The van der Waals surface area contributed by atoms with Crippen molar-refractivity contribution in [1.82, 2.24) is 19.8 Å². The van der Waals surface area contributed by atoms with Crippen LogP contribution in [0.4, 0.5) is 0 Å². The van der Waals surface area contributed by atoms with Gasteiger partial charge >= 0.3 is 0 Å².